The number of nitrogens with zero attached hydrogens (tertiary/aromatic N) is 5. The van der Waals surface area contributed by atoms with E-state index in [9.17, 15) is 9.18 Å². The van der Waals surface area contributed by atoms with Crippen molar-refractivity contribution < 1.29 is 9.18 Å². The van der Waals surface area contributed by atoms with Gasteiger partial charge in [0.25, 0.3) is 0 Å². The van der Waals surface area contributed by atoms with Gasteiger partial charge in [-0.25, -0.2) is 9.97 Å². The van der Waals surface area contributed by atoms with E-state index >= 15 is 0 Å². The molecular weight excluding hydrogens is 491 g/mol. The number of carbonyl (C=O) groups is 1. The monoisotopic (exact) mass is 512 g/mol. The van der Waals surface area contributed by atoms with Crippen molar-refractivity contribution in [2.45, 2.75) is 20.8 Å². The van der Waals surface area contributed by atoms with Crippen molar-refractivity contribution in [2.24, 2.45) is 5.41 Å². The number of anilines is 1. The third-order valence-electron chi connectivity index (χ3n) is 5.81. The van der Waals surface area contributed by atoms with Gasteiger partial charge in [-0.3, -0.25) is 19.9 Å². The molecule has 0 aliphatic heterocycles. The first-order valence-electron chi connectivity index (χ1n) is 11.5. The summed E-state index contributed by atoms with van der Waals surface area (Å²) in [6.07, 6.45) is 4.96. The number of amides is 1. The summed E-state index contributed by atoms with van der Waals surface area (Å²) in [6, 6.07) is 10.5. The lowest BCUT2D eigenvalue weighted by molar-refractivity contribution is -0.123. The summed E-state index contributed by atoms with van der Waals surface area (Å²) in [5, 5.41) is 10.1. The van der Waals surface area contributed by atoms with Crippen LogP contribution in [0.3, 0.4) is 0 Å². The Morgan fingerprint density at radius 2 is 1.84 bits per heavy atom. The molecular formula is C26H21FN8OS. The maximum absolute atomic E-state index is 13.6. The fourth-order valence-corrected chi connectivity index (χ4v) is 4.59. The molecule has 6 aromatic heterocycles. The highest BCUT2D eigenvalue weighted by Crippen LogP contribution is 2.33. The zero-order chi connectivity index (χ0) is 25.7. The predicted octanol–water partition coefficient (Wildman–Crippen LogP) is 5.81. The van der Waals surface area contributed by atoms with Crippen molar-refractivity contribution in [1.29, 1.82) is 0 Å². The number of halogens is 1. The van der Waals surface area contributed by atoms with Crippen LogP contribution >= 0.6 is 11.3 Å². The zero-order valence-electron chi connectivity index (χ0n) is 20.1. The summed E-state index contributed by atoms with van der Waals surface area (Å²) in [5.74, 6) is 0.414. The van der Waals surface area contributed by atoms with E-state index in [4.69, 9.17) is 9.97 Å². The Morgan fingerprint density at radius 1 is 1.00 bits per heavy atom. The molecule has 37 heavy (non-hydrogen) atoms. The zero-order valence-corrected chi connectivity index (χ0v) is 20.9. The normalized spacial score (nSPS) is 11.9. The van der Waals surface area contributed by atoms with E-state index in [2.05, 4.69) is 30.5 Å². The van der Waals surface area contributed by atoms with Crippen molar-refractivity contribution >= 4 is 45.0 Å². The van der Waals surface area contributed by atoms with Crippen LogP contribution in [0.2, 0.25) is 0 Å². The number of H-pyrrole nitrogens is 2. The van der Waals surface area contributed by atoms with Crippen LogP contribution in [0.15, 0.2) is 55.0 Å². The number of imidazole rings is 1. The topological polar surface area (TPSA) is 125 Å². The van der Waals surface area contributed by atoms with Crippen LogP contribution in [0.1, 0.15) is 20.8 Å². The fraction of sp³-hybridized carbons (Fsp3) is 0.154. The molecule has 0 aliphatic rings. The van der Waals surface area contributed by atoms with Crippen LogP contribution < -0.4 is 5.32 Å². The minimum absolute atomic E-state index is 0.101. The molecule has 0 aromatic carbocycles. The highest BCUT2D eigenvalue weighted by Gasteiger charge is 2.22. The molecule has 1 amide bonds. The van der Waals surface area contributed by atoms with Crippen molar-refractivity contribution in [3.63, 3.8) is 0 Å². The lowest BCUT2D eigenvalue weighted by atomic mass is 9.95. The van der Waals surface area contributed by atoms with Crippen LogP contribution in [0.25, 0.3) is 55.4 Å². The summed E-state index contributed by atoms with van der Waals surface area (Å²) < 4.78 is 13.6. The molecule has 0 atom stereocenters. The van der Waals surface area contributed by atoms with Gasteiger partial charge in [-0.15, -0.1) is 11.3 Å². The number of hydrogen-bond donors (Lipinski definition) is 3. The molecule has 0 saturated carbocycles. The molecule has 0 saturated heterocycles. The molecule has 3 N–H and O–H groups in total. The Morgan fingerprint density at radius 3 is 2.62 bits per heavy atom. The highest BCUT2D eigenvalue weighted by molar-refractivity contribution is 7.13. The third kappa shape index (κ3) is 4.23. The van der Waals surface area contributed by atoms with Crippen LogP contribution in [-0.2, 0) is 4.79 Å². The van der Waals surface area contributed by atoms with Gasteiger partial charge in [0.05, 0.1) is 33.5 Å². The minimum atomic E-state index is -0.529. The van der Waals surface area contributed by atoms with Crippen LogP contribution in [0, 0.1) is 10.5 Å². The first kappa shape index (κ1) is 22.9. The van der Waals surface area contributed by atoms with Gasteiger partial charge in [0.2, 0.25) is 5.91 Å². The van der Waals surface area contributed by atoms with Gasteiger partial charge in [-0.05, 0) is 36.4 Å². The van der Waals surface area contributed by atoms with E-state index in [1.54, 1.807) is 24.7 Å². The molecule has 0 unspecified atom stereocenters. The number of fused-ring (bicyclic) bond motifs is 2. The number of aromatic nitrogens is 7. The highest BCUT2D eigenvalue weighted by atomic mass is 32.1. The average molecular weight is 513 g/mol. The molecule has 11 heteroatoms. The number of thiophene rings is 1. The summed E-state index contributed by atoms with van der Waals surface area (Å²) in [4.78, 5) is 34.7. The molecule has 0 bridgehead atoms. The van der Waals surface area contributed by atoms with Crippen LogP contribution in [-0.4, -0.2) is 41.0 Å². The van der Waals surface area contributed by atoms with Gasteiger partial charge in [-0.2, -0.15) is 9.49 Å². The van der Waals surface area contributed by atoms with Gasteiger partial charge < -0.3 is 10.3 Å². The number of hydrogen-bond acceptors (Lipinski definition) is 7. The van der Waals surface area contributed by atoms with Crippen molar-refractivity contribution in [3.8, 4) is 33.3 Å². The van der Waals surface area contributed by atoms with E-state index in [0.717, 1.165) is 27.9 Å². The number of pyridine rings is 3. The molecule has 6 aromatic rings. The second-order valence-electron chi connectivity index (χ2n) is 9.58. The number of aromatic amines is 2. The molecule has 0 fully saturated rings. The molecule has 6 heterocycles. The summed E-state index contributed by atoms with van der Waals surface area (Å²) >= 11 is 1.02. The van der Waals surface area contributed by atoms with E-state index in [0.29, 0.717) is 44.5 Å². The Balaban J connectivity index is 1.40. The number of rotatable bonds is 4. The molecule has 6 rings (SSSR count). The van der Waals surface area contributed by atoms with Crippen LogP contribution in [0.5, 0.6) is 0 Å². The predicted molar refractivity (Wildman–Crippen MR) is 141 cm³/mol. The lowest BCUT2D eigenvalue weighted by Gasteiger charge is -2.17. The van der Waals surface area contributed by atoms with Gasteiger partial charge in [0.15, 0.2) is 16.6 Å². The summed E-state index contributed by atoms with van der Waals surface area (Å²) in [6.45, 7) is 5.56. The molecule has 184 valence electrons. The number of nitrogens with one attached hydrogen (secondary N) is 3. The largest absolute Gasteiger partial charge is 0.336 e. The fourth-order valence-electron chi connectivity index (χ4n) is 3.86. The average Bonchev–Trinajstić information content (AvgIpc) is 3.60. The Bertz CT molecular complexity index is 1800. The standard InChI is InChI=1S/C26H21FN8OS/c1-26(2,3)25(36)30-14-10-13(11-28-12-14)15-4-5-17-21(31-15)23(35-34-17)24-32-16-8-9-29-22(20(16)33-24)18-6-7-19(27)37-18/h4-12H,1-3H3,(H,30,36)(H,32,33)(H,34,35). The van der Waals surface area contributed by atoms with Crippen molar-refractivity contribution in [2.75, 3.05) is 5.32 Å². The second kappa shape index (κ2) is 8.56. The van der Waals surface area contributed by atoms with Crippen molar-refractivity contribution in [1.82, 2.24) is 35.1 Å². The first-order chi connectivity index (χ1) is 17.8. The SMILES string of the molecule is CC(C)(C)C(=O)Nc1cncc(-c2ccc3[nH]nc(-c4nc5c(-c6ccc(F)s6)nccc5[nH]4)c3n2)c1. The lowest BCUT2D eigenvalue weighted by Crippen LogP contribution is -2.27. The molecule has 0 aliphatic carbocycles. The summed E-state index contributed by atoms with van der Waals surface area (Å²) in [7, 11) is 0. The van der Waals surface area contributed by atoms with Gasteiger partial charge >= 0.3 is 0 Å². The maximum Gasteiger partial charge on any atom is 0.229 e. The van der Waals surface area contributed by atoms with Crippen molar-refractivity contribution in [3.05, 3.63) is 60.1 Å². The van der Waals surface area contributed by atoms with Gasteiger partial charge in [0.1, 0.15) is 16.7 Å². The Labute approximate surface area is 214 Å². The third-order valence-corrected chi connectivity index (χ3v) is 6.69. The van der Waals surface area contributed by atoms with Gasteiger partial charge in [0, 0.05) is 23.4 Å². The van der Waals surface area contributed by atoms with E-state index < -0.39 is 5.41 Å². The van der Waals surface area contributed by atoms with E-state index in [1.165, 1.54) is 6.07 Å². The Hall–Kier alpha value is -4.51. The molecule has 0 radical (unpaired) electrons. The second-order valence-corrected chi connectivity index (χ2v) is 10.6. The maximum atomic E-state index is 13.6. The minimum Gasteiger partial charge on any atom is -0.336 e. The molecule has 0 spiro atoms. The number of carbonyl (C=O) groups excluding carboxylic acids is 1. The quantitative estimate of drug-likeness (QED) is 0.274. The first-order valence-corrected chi connectivity index (χ1v) is 12.3. The van der Waals surface area contributed by atoms with Crippen LogP contribution in [0.4, 0.5) is 10.1 Å². The smallest absolute Gasteiger partial charge is 0.229 e. The van der Waals surface area contributed by atoms with E-state index in [-0.39, 0.29) is 11.0 Å². The van der Waals surface area contributed by atoms with Gasteiger partial charge in [-0.1, -0.05) is 20.8 Å². The summed E-state index contributed by atoms with van der Waals surface area (Å²) in [5.41, 5.74) is 5.36. The molecule has 9 nitrogen and oxygen atoms in total. The Kier molecular flexibility index (Phi) is 5.30. The van der Waals surface area contributed by atoms with E-state index in [1.807, 2.05) is 45.0 Å².